The second-order valence-corrected chi connectivity index (χ2v) is 2.41. The monoisotopic (exact) mass is 217 g/mol. The van der Waals surface area contributed by atoms with E-state index in [1.165, 1.54) is 0 Å². The average Bonchev–Trinajstić information content (AvgIpc) is 2.47. The van der Waals surface area contributed by atoms with Crippen molar-refractivity contribution in [3.63, 3.8) is 0 Å². The number of hydrogen-bond acceptors (Lipinski definition) is 1. The SMILES string of the molecule is Cl.Cl.O=Cc1c[nH]c2ccccc12. The molecule has 2 nitrogen and oxygen atoms in total. The third kappa shape index (κ3) is 2.02. The van der Waals surface area contributed by atoms with Gasteiger partial charge in [-0.15, -0.1) is 24.8 Å². The number of hydrogen-bond donors (Lipinski definition) is 1. The van der Waals surface area contributed by atoms with Crippen molar-refractivity contribution in [2.75, 3.05) is 0 Å². The molecule has 2 rings (SSSR count). The van der Waals surface area contributed by atoms with E-state index in [9.17, 15) is 4.79 Å². The molecule has 0 unspecified atom stereocenters. The molecule has 0 saturated carbocycles. The Morgan fingerprint density at radius 1 is 1.15 bits per heavy atom. The number of aldehydes is 1. The standard InChI is InChI=1S/C9H7NO.2ClH/c11-6-7-5-10-9-4-2-1-3-8(7)9;;/h1-6,10H;2*1H. The lowest BCUT2D eigenvalue weighted by atomic mass is 10.2. The molecule has 70 valence electrons. The number of carbonyl (C=O) groups excluding carboxylic acids is 1. The molecule has 0 amide bonds. The van der Waals surface area contributed by atoms with Crippen LogP contribution >= 0.6 is 24.8 Å². The van der Waals surface area contributed by atoms with Crippen LogP contribution in [0.25, 0.3) is 10.9 Å². The molecule has 1 heterocycles. The largest absolute Gasteiger partial charge is 0.360 e. The van der Waals surface area contributed by atoms with Crippen molar-refractivity contribution in [3.8, 4) is 0 Å². The molecule has 2 aromatic rings. The third-order valence-corrected chi connectivity index (χ3v) is 1.75. The Kier molecular flexibility index (Phi) is 4.52. The van der Waals surface area contributed by atoms with Crippen LogP contribution in [0.3, 0.4) is 0 Å². The summed E-state index contributed by atoms with van der Waals surface area (Å²) in [6, 6.07) is 7.73. The van der Waals surface area contributed by atoms with Gasteiger partial charge in [0.05, 0.1) is 0 Å². The van der Waals surface area contributed by atoms with Gasteiger partial charge in [-0.25, -0.2) is 0 Å². The van der Waals surface area contributed by atoms with Crippen molar-refractivity contribution < 1.29 is 4.79 Å². The Balaban J connectivity index is 0.000000720. The van der Waals surface area contributed by atoms with E-state index in [1.54, 1.807) is 6.20 Å². The summed E-state index contributed by atoms with van der Waals surface area (Å²) in [4.78, 5) is 13.5. The first-order valence-electron chi connectivity index (χ1n) is 3.43. The summed E-state index contributed by atoms with van der Waals surface area (Å²) in [5.74, 6) is 0. The molecule has 0 aliphatic rings. The number of fused-ring (bicyclic) bond motifs is 1. The highest BCUT2D eigenvalue weighted by molar-refractivity contribution is 5.96. The van der Waals surface area contributed by atoms with Crippen LogP contribution in [0, 0.1) is 0 Å². The van der Waals surface area contributed by atoms with Crippen LogP contribution in [-0.2, 0) is 0 Å². The molecule has 0 aliphatic carbocycles. The number of aromatic nitrogens is 1. The molecule has 0 aliphatic heterocycles. The number of benzene rings is 1. The summed E-state index contributed by atoms with van der Waals surface area (Å²) < 4.78 is 0. The topological polar surface area (TPSA) is 32.9 Å². The van der Waals surface area contributed by atoms with E-state index in [2.05, 4.69) is 4.98 Å². The van der Waals surface area contributed by atoms with Crippen LogP contribution in [-0.4, -0.2) is 11.3 Å². The number of rotatable bonds is 1. The van der Waals surface area contributed by atoms with Crippen molar-refractivity contribution in [1.29, 1.82) is 0 Å². The molecule has 1 N–H and O–H groups in total. The van der Waals surface area contributed by atoms with Crippen molar-refractivity contribution in [3.05, 3.63) is 36.0 Å². The summed E-state index contributed by atoms with van der Waals surface area (Å²) in [5, 5.41) is 0.988. The second kappa shape index (κ2) is 4.90. The summed E-state index contributed by atoms with van der Waals surface area (Å²) in [7, 11) is 0. The Morgan fingerprint density at radius 2 is 1.85 bits per heavy atom. The average molecular weight is 218 g/mol. The van der Waals surface area contributed by atoms with Crippen molar-refractivity contribution in [2.24, 2.45) is 0 Å². The van der Waals surface area contributed by atoms with E-state index in [4.69, 9.17) is 0 Å². The highest BCUT2D eigenvalue weighted by atomic mass is 35.5. The van der Waals surface area contributed by atoms with E-state index < -0.39 is 0 Å². The normalized spacial score (nSPS) is 8.62. The summed E-state index contributed by atoms with van der Waals surface area (Å²) >= 11 is 0. The lowest BCUT2D eigenvalue weighted by Gasteiger charge is -1.86. The van der Waals surface area contributed by atoms with E-state index in [-0.39, 0.29) is 24.8 Å². The number of aromatic amines is 1. The van der Waals surface area contributed by atoms with Gasteiger partial charge in [-0.05, 0) is 6.07 Å². The van der Waals surface area contributed by atoms with Gasteiger partial charge in [0.2, 0.25) is 0 Å². The first-order chi connectivity index (χ1) is 5.42. The van der Waals surface area contributed by atoms with Crippen LogP contribution in [0.15, 0.2) is 30.5 Å². The van der Waals surface area contributed by atoms with Gasteiger partial charge in [0, 0.05) is 22.7 Å². The summed E-state index contributed by atoms with van der Waals surface area (Å²) in [6.45, 7) is 0. The van der Waals surface area contributed by atoms with E-state index >= 15 is 0 Å². The van der Waals surface area contributed by atoms with Crippen LogP contribution in [0.1, 0.15) is 10.4 Å². The minimum Gasteiger partial charge on any atom is -0.360 e. The summed E-state index contributed by atoms with van der Waals surface area (Å²) in [5.41, 5.74) is 1.73. The molecule has 13 heavy (non-hydrogen) atoms. The lowest BCUT2D eigenvalue weighted by Crippen LogP contribution is -1.72. The minimum atomic E-state index is 0. The van der Waals surface area contributed by atoms with Crippen LogP contribution in [0.4, 0.5) is 0 Å². The van der Waals surface area contributed by atoms with Gasteiger partial charge in [0.25, 0.3) is 0 Å². The molecule has 1 aromatic heterocycles. The Labute approximate surface area is 88.2 Å². The maximum absolute atomic E-state index is 10.5. The maximum atomic E-state index is 10.5. The molecule has 0 fully saturated rings. The molecule has 0 radical (unpaired) electrons. The van der Waals surface area contributed by atoms with Gasteiger partial charge in [-0.1, -0.05) is 18.2 Å². The van der Waals surface area contributed by atoms with Crippen LogP contribution in [0.2, 0.25) is 0 Å². The fraction of sp³-hybridized carbons (Fsp3) is 0. The highest BCUT2D eigenvalue weighted by Gasteiger charge is 1.98. The van der Waals surface area contributed by atoms with Crippen molar-refractivity contribution in [2.45, 2.75) is 0 Å². The third-order valence-electron chi connectivity index (χ3n) is 1.75. The number of halogens is 2. The van der Waals surface area contributed by atoms with Gasteiger partial charge < -0.3 is 4.98 Å². The van der Waals surface area contributed by atoms with E-state index in [0.717, 1.165) is 22.8 Å². The molecule has 4 heteroatoms. The van der Waals surface area contributed by atoms with E-state index in [1.807, 2.05) is 24.3 Å². The fourth-order valence-electron chi connectivity index (χ4n) is 1.19. The number of para-hydroxylation sites is 1. The highest BCUT2D eigenvalue weighted by Crippen LogP contribution is 2.14. The van der Waals surface area contributed by atoms with Crippen molar-refractivity contribution in [1.82, 2.24) is 4.98 Å². The molecule has 0 atom stereocenters. The van der Waals surface area contributed by atoms with Gasteiger partial charge in [-0.2, -0.15) is 0 Å². The number of carbonyl (C=O) groups is 1. The molecule has 1 aromatic carbocycles. The first kappa shape index (κ1) is 12.0. The first-order valence-corrected chi connectivity index (χ1v) is 3.43. The molecule has 0 bridgehead atoms. The zero-order valence-electron chi connectivity index (χ0n) is 6.69. The maximum Gasteiger partial charge on any atom is 0.152 e. The van der Waals surface area contributed by atoms with Crippen molar-refractivity contribution >= 4 is 42.0 Å². The zero-order chi connectivity index (χ0) is 7.68. The minimum absolute atomic E-state index is 0. The van der Waals surface area contributed by atoms with Gasteiger partial charge in [0.15, 0.2) is 6.29 Å². The fourth-order valence-corrected chi connectivity index (χ4v) is 1.19. The lowest BCUT2D eigenvalue weighted by molar-refractivity contribution is 0.112. The van der Waals surface area contributed by atoms with E-state index in [0.29, 0.717) is 0 Å². The Hall–Kier alpha value is -0.990. The smallest absolute Gasteiger partial charge is 0.152 e. The van der Waals surface area contributed by atoms with Crippen LogP contribution in [0.5, 0.6) is 0 Å². The molecular formula is C9H9Cl2NO. The quantitative estimate of drug-likeness (QED) is 0.733. The second-order valence-electron chi connectivity index (χ2n) is 2.41. The predicted octanol–water partition coefficient (Wildman–Crippen LogP) is 2.82. The molecule has 0 spiro atoms. The summed E-state index contributed by atoms with van der Waals surface area (Å²) in [6.07, 6.45) is 2.58. The van der Waals surface area contributed by atoms with Gasteiger partial charge >= 0.3 is 0 Å². The van der Waals surface area contributed by atoms with Crippen LogP contribution < -0.4 is 0 Å². The number of nitrogens with one attached hydrogen (secondary N) is 1. The Morgan fingerprint density at radius 3 is 2.54 bits per heavy atom. The molecular weight excluding hydrogens is 209 g/mol. The van der Waals surface area contributed by atoms with Gasteiger partial charge in [-0.3, -0.25) is 4.79 Å². The number of H-pyrrole nitrogens is 1. The molecule has 0 saturated heterocycles. The Bertz CT molecular complexity index is 397. The predicted molar refractivity (Wildman–Crippen MR) is 58.2 cm³/mol. The van der Waals surface area contributed by atoms with Gasteiger partial charge in [0.1, 0.15) is 0 Å². The zero-order valence-corrected chi connectivity index (χ0v) is 8.32.